The molecule has 0 saturated carbocycles. The number of pyridine rings is 1. The first-order valence-corrected chi connectivity index (χ1v) is 6.24. The average molecular weight is 270 g/mol. The van der Waals surface area contributed by atoms with Crippen LogP contribution < -0.4 is 9.47 Å². The van der Waals surface area contributed by atoms with Crippen molar-refractivity contribution in [2.45, 2.75) is 13.5 Å². The topological polar surface area (TPSA) is 57.4 Å². The van der Waals surface area contributed by atoms with Gasteiger partial charge in [0.25, 0.3) is 0 Å². The Morgan fingerprint density at radius 2 is 2.10 bits per heavy atom. The van der Waals surface area contributed by atoms with Crippen LogP contribution in [0.1, 0.15) is 11.5 Å². The molecule has 20 heavy (non-hydrogen) atoms. The molecule has 0 aliphatic heterocycles. The standard InChI is InChI=1S/C15H14N2O3/c1-10-7-11(17-20-10)9-19-15-5-6-16-14-8-12(18-2)3-4-13(14)15/h3-8H,9H2,1-2H3. The van der Waals surface area contributed by atoms with Crippen LogP contribution in [0.3, 0.4) is 0 Å². The molecular weight excluding hydrogens is 256 g/mol. The molecule has 0 radical (unpaired) electrons. The van der Waals surface area contributed by atoms with Gasteiger partial charge in [0.05, 0.1) is 12.6 Å². The van der Waals surface area contributed by atoms with Gasteiger partial charge < -0.3 is 14.0 Å². The number of hydrogen-bond donors (Lipinski definition) is 0. The summed E-state index contributed by atoms with van der Waals surface area (Å²) in [5.41, 5.74) is 1.60. The zero-order valence-corrected chi connectivity index (χ0v) is 11.3. The third-order valence-corrected chi connectivity index (χ3v) is 2.96. The van der Waals surface area contributed by atoms with Crippen LogP contribution in [-0.4, -0.2) is 17.3 Å². The van der Waals surface area contributed by atoms with Crippen LogP contribution >= 0.6 is 0 Å². The Kier molecular flexibility index (Phi) is 3.25. The molecule has 5 nitrogen and oxygen atoms in total. The second-order valence-corrected chi connectivity index (χ2v) is 4.41. The van der Waals surface area contributed by atoms with E-state index in [0.29, 0.717) is 6.61 Å². The van der Waals surface area contributed by atoms with Gasteiger partial charge in [-0.3, -0.25) is 4.98 Å². The molecule has 0 spiro atoms. The normalized spacial score (nSPS) is 10.7. The van der Waals surface area contributed by atoms with Crippen LogP contribution in [0.4, 0.5) is 0 Å². The zero-order valence-electron chi connectivity index (χ0n) is 11.3. The summed E-state index contributed by atoms with van der Waals surface area (Å²) in [4.78, 5) is 4.32. The Morgan fingerprint density at radius 1 is 1.20 bits per heavy atom. The first-order valence-electron chi connectivity index (χ1n) is 6.24. The predicted octanol–water partition coefficient (Wildman–Crippen LogP) is 3.12. The van der Waals surface area contributed by atoms with Crippen molar-refractivity contribution in [3.8, 4) is 11.5 Å². The largest absolute Gasteiger partial charge is 0.497 e. The van der Waals surface area contributed by atoms with Crippen LogP contribution in [0.15, 0.2) is 41.1 Å². The van der Waals surface area contributed by atoms with E-state index in [9.17, 15) is 0 Å². The molecule has 102 valence electrons. The van der Waals surface area contributed by atoms with E-state index >= 15 is 0 Å². The Labute approximate surface area is 116 Å². The van der Waals surface area contributed by atoms with Crippen LogP contribution in [0.25, 0.3) is 10.9 Å². The summed E-state index contributed by atoms with van der Waals surface area (Å²) in [5.74, 6) is 2.31. The number of aryl methyl sites for hydroxylation is 1. The van der Waals surface area contributed by atoms with E-state index in [1.807, 2.05) is 37.3 Å². The highest BCUT2D eigenvalue weighted by atomic mass is 16.5. The molecule has 0 N–H and O–H groups in total. The van der Waals surface area contributed by atoms with Crippen LogP contribution in [0, 0.1) is 6.92 Å². The van der Waals surface area contributed by atoms with Crippen LogP contribution in [0.2, 0.25) is 0 Å². The highest BCUT2D eigenvalue weighted by Crippen LogP contribution is 2.27. The van der Waals surface area contributed by atoms with E-state index in [2.05, 4.69) is 10.1 Å². The lowest BCUT2D eigenvalue weighted by molar-refractivity contribution is 0.291. The highest BCUT2D eigenvalue weighted by Gasteiger charge is 2.06. The second kappa shape index (κ2) is 5.21. The van der Waals surface area contributed by atoms with Crippen LogP contribution in [0.5, 0.6) is 11.5 Å². The van der Waals surface area contributed by atoms with Crippen molar-refractivity contribution in [3.05, 3.63) is 48.0 Å². The van der Waals surface area contributed by atoms with Gasteiger partial charge in [-0.2, -0.15) is 0 Å². The third kappa shape index (κ3) is 2.42. The average Bonchev–Trinajstić information content (AvgIpc) is 2.90. The number of aromatic nitrogens is 2. The maximum absolute atomic E-state index is 5.79. The first-order chi connectivity index (χ1) is 9.76. The van der Waals surface area contributed by atoms with Crippen molar-refractivity contribution in [2.75, 3.05) is 7.11 Å². The molecule has 0 amide bonds. The molecule has 0 unspecified atom stereocenters. The second-order valence-electron chi connectivity index (χ2n) is 4.41. The summed E-state index contributed by atoms with van der Waals surface area (Å²) >= 11 is 0. The van der Waals surface area contributed by atoms with E-state index in [1.54, 1.807) is 13.3 Å². The van der Waals surface area contributed by atoms with Gasteiger partial charge in [0, 0.05) is 23.7 Å². The monoisotopic (exact) mass is 270 g/mol. The summed E-state index contributed by atoms with van der Waals surface area (Å²) in [6.45, 7) is 2.22. The molecule has 0 aliphatic rings. The molecule has 5 heteroatoms. The lowest BCUT2D eigenvalue weighted by Crippen LogP contribution is -1.96. The van der Waals surface area contributed by atoms with Crippen molar-refractivity contribution in [1.29, 1.82) is 0 Å². The fourth-order valence-electron chi connectivity index (χ4n) is 1.99. The van der Waals surface area contributed by atoms with E-state index in [0.717, 1.165) is 33.9 Å². The predicted molar refractivity (Wildman–Crippen MR) is 73.9 cm³/mol. The van der Waals surface area contributed by atoms with E-state index < -0.39 is 0 Å². The SMILES string of the molecule is COc1ccc2c(OCc3cc(C)on3)ccnc2c1. The number of ether oxygens (including phenoxy) is 2. The van der Waals surface area contributed by atoms with Gasteiger partial charge in [0.15, 0.2) is 0 Å². The number of methoxy groups -OCH3 is 1. The molecule has 0 saturated heterocycles. The van der Waals surface area contributed by atoms with Gasteiger partial charge in [-0.25, -0.2) is 0 Å². The molecular formula is C15H14N2O3. The summed E-state index contributed by atoms with van der Waals surface area (Å²) in [6.07, 6.45) is 1.71. The van der Waals surface area contributed by atoms with Crippen molar-refractivity contribution in [1.82, 2.24) is 10.1 Å². The highest BCUT2D eigenvalue weighted by molar-refractivity contribution is 5.85. The Hall–Kier alpha value is -2.56. The van der Waals surface area contributed by atoms with Crippen molar-refractivity contribution in [3.63, 3.8) is 0 Å². The Morgan fingerprint density at radius 3 is 2.85 bits per heavy atom. The maximum atomic E-state index is 5.79. The number of rotatable bonds is 4. The minimum atomic E-state index is 0.364. The smallest absolute Gasteiger partial charge is 0.134 e. The molecule has 0 bridgehead atoms. The molecule has 0 fully saturated rings. The van der Waals surface area contributed by atoms with Crippen molar-refractivity contribution >= 4 is 10.9 Å². The minimum absolute atomic E-state index is 0.364. The van der Waals surface area contributed by atoms with E-state index in [4.69, 9.17) is 14.0 Å². The Bertz CT molecular complexity index is 737. The van der Waals surface area contributed by atoms with Gasteiger partial charge >= 0.3 is 0 Å². The van der Waals surface area contributed by atoms with E-state index in [-0.39, 0.29) is 0 Å². The van der Waals surface area contributed by atoms with Gasteiger partial charge in [-0.1, -0.05) is 5.16 Å². The number of nitrogens with zero attached hydrogens (tertiary/aromatic N) is 2. The van der Waals surface area contributed by atoms with Crippen LogP contribution in [-0.2, 0) is 6.61 Å². The summed E-state index contributed by atoms with van der Waals surface area (Å²) in [5, 5.41) is 4.84. The Balaban J connectivity index is 1.87. The zero-order chi connectivity index (χ0) is 13.9. The third-order valence-electron chi connectivity index (χ3n) is 2.96. The summed E-state index contributed by atoms with van der Waals surface area (Å²) in [6, 6.07) is 9.39. The van der Waals surface area contributed by atoms with Gasteiger partial charge in [0.1, 0.15) is 29.6 Å². The number of fused-ring (bicyclic) bond motifs is 1. The molecule has 3 aromatic rings. The van der Waals surface area contributed by atoms with Gasteiger partial charge in [-0.15, -0.1) is 0 Å². The molecule has 0 aliphatic carbocycles. The first kappa shape index (κ1) is 12.5. The molecule has 1 aromatic carbocycles. The van der Waals surface area contributed by atoms with Gasteiger partial charge in [0.2, 0.25) is 0 Å². The fourth-order valence-corrected chi connectivity index (χ4v) is 1.99. The summed E-state index contributed by atoms with van der Waals surface area (Å²) in [7, 11) is 1.63. The number of benzene rings is 1. The molecule has 3 rings (SSSR count). The number of hydrogen-bond acceptors (Lipinski definition) is 5. The van der Waals surface area contributed by atoms with Crippen molar-refractivity contribution < 1.29 is 14.0 Å². The van der Waals surface area contributed by atoms with Gasteiger partial charge in [-0.05, 0) is 25.1 Å². The maximum Gasteiger partial charge on any atom is 0.134 e. The summed E-state index contributed by atoms with van der Waals surface area (Å²) < 4.78 is 16.0. The molecule has 2 heterocycles. The lowest BCUT2D eigenvalue weighted by Gasteiger charge is -2.08. The quantitative estimate of drug-likeness (QED) is 0.729. The fraction of sp³-hybridized carbons (Fsp3) is 0.200. The molecule has 0 atom stereocenters. The van der Waals surface area contributed by atoms with Crippen molar-refractivity contribution in [2.24, 2.45) is 0 Å². The lowest BCUT2D eigenvalue weighted by atomic mass is 10.2. The van der Waals surface area contributed by atoms with E-state index in [1.165, 1.54) is 0 Å². The molecule has 2 aromatic heterocycles. The minimum Gasteiger partial charge on any atom is -0.497 e.